The second-order valence-corrected chi connectivity index (χ2v) is 7.05. The van der Waals surface area contributed by atoms with Crippen molar-refractivity contribution in [3.8, 4) is 0 Å². The quantitative estimate of drug-likeness (QED) is 0.841. The summed E-state index contributed by atoms with van der Waals surface area (Å²) >= 11 is 0. The zero-order chi connectivity index (χ0) is 17.9. The zero-order valence-corrected chi connectivity index (χ0v) is 14.4. The van der Waals surface area contributed by atoms with Gasteiger partial charge >= 0.3 is 0 Å². The molecule has 1 aromatic heterocycles. The average molecular weight is 356 g/mol. The number of aromatic nitrogens is 2. The van der Waals surface area contributed by atoms with Gasteiger partial charge in [-0.3, -0.25) is 9.48 Å². The lowest BCUT2D eigenvalue weighted by molar-refractivity contribution is 0.0117. The molecule has 1 N–H and O–H groups in total. The number of carbonyl (C=O) groups excluding carboxylic acids is 1. The molecule has 25 heavy (non-hydrogen) atoms. The first-order chi connectivity index (χ1) is 12.0. The van der Waals surface area contributed by atoms with Crippen molar-refractivity contribution in [1.29, 1.82) is 0 Å². The summed E-state index contributed by atoms with van der Waals surface area (Å²) in [6, 6.07) is -0.621. The van der Waals surface area contributed by atoms with Crippen LogP contribution in [-0.2, 0) is 6.54 Å². The van der Waals surface area contributed by atoms with E-state index in [1.807, 2.05) is 0 Å². The van der Waals surface area contributed by atoms with Crippen molar-refractivity contribution < 1.29 is 18.7 Å². The van der Waals surface area contributed by atoms with Gasteiger partial charge in [-0.2, -0.15) is 5.10 Å². The predicted molar refractivity (Wildman–Crippen MR) is 88.6 cm³/mol. The van der Waals surface area contributed by atoms with E-state index in [1.54, 1.807) is 10.9 Å². The number of amides is 1. The number of rotatable bonds is 6. The minimum Gasteiger partial charge on any atom is -0.396 e. The fourth-order valence-electron chi connectivity index (χ4n) is 3.73. The normalized spacial score (nSPS) is 24.0. The summed E-state index contributed by atoms with van der Waals surface area (Å²) < 4.78 is 29.1. The Morgan fingerprint density at radius 3 is 2.76 bits per heavy atom. The zero-order valence-electron chi connectivity index (χ0n) is 14.4. The molecule has 8 heteroatoms. The van der Waals surface area contributed by atoms with Crippen molar-refractivity contribution in [2.45, 2.75) is 50.6 Å². The van der Waals surface area contributed by atoms with E-state index in [0.717, 1.165) is 19.6 Å². The summed E-state index contributed by atoms with van der Waals surface area (Å²) in [6.07, 6.45) is 6.60. The van der Waals surface area contributed by atoms with E-state index >= 15 is 0 Å². The molecule has 3 heterocycles. The molecule has 1 amide bonds. The van der Waals surface area contributed by atoms with Crippen LogP contribution in [0.1, 0.15) is 42.5 Å². The Labute approximate surface area is 146 Å². The molecule has 1 aromatic rings. The Hall–Kier alpha value is -1.54. The average Bonchev–Trinajstić information content (AvgIpc) is 3.18. The largest absolute Gasteiger partial charge is 0.396 e. The van der Waals surface area contributed by atoms with E-state index in [2.05, 4.69) is 10.00 Å². The second kappa shape index (κ2) is 7.78. The van der Waals surface area contributed by atoms with Crippen LogP contribution in [0.3, 0.4) is 0 Å². The van der Waals surface area contributed by atoms with Crippen LogP contribution in [-0.4, -0.2) is 75.3 Å². The SMILES string of the molecule is O=C(c1cnn(CCN2CCCCC2)c1)N1CC(F)(F)CC1CCO. The molecule has 0 bridgehead atoms. The number of piperidine rings is 1. The van der Waals surface area contributed by atoms with E-state index in [1.165, 1.54) is 30.4 Å². The molecule has 0 saturated carbocycles. The summed E-state index contributed by atoms with van der Waals surface area (Å²) in [5.74, 6) is -3.32. The highest BCUT2D eigenvalue weighted by molar-refractivity contribution is 5.94. The molecular formula is C17H26F2N4O2. The lowest BCUT2D eigenvalue weighted by Gasteiger charge is -2.26. The Morgan fingerprint density at radius 1 is 1.28 bits per heavy atom. The minimum atomic E-state index is -2.89. The van der Waals surface area contributed by atoms with E-state index in [0.29, 0.717) is 12.1 Å². The van der Waals surface area contributed by atoms with Gasteiger partial charge in [-0.25, -0.2) is 8.78 Å². The van der Waals surface area contributed by atoms with Crippen molar-refractivity contribution in [3.05, 3.63) is 18.0 Å². The van der Waals surface area contributed by atoms with Gasteiger partial charge in [0.2, 0.25) is 0 Å². The predicted octanol–water partition coefficient (Wildman–Crippen LogP) is 1.60. The maximum absolute atomic E-state index is 13.7. The smallest absolute Gasteiger partial charge is 0.267 e. The van der Waals surface area contributed by atoms with Crippen molar-refractivity contribution in [2.24, 2.45) is 0 Å². The topological polar surface area (TPSA) is 61.6 Å². The Bertz CT molecular complexity index is 587. The summed E-state index contributed by atoms with van der Waals surface area (Å²) in [5, 5.41) is 13.3. The lowest BCUT2D eigenvalue weighted by Crippen LogP contribution is -2.37. The summed E-state index contributed by atoms with van der Waals surface area (Å²) in [6.45, 7) is 2.96. The fourth-order valence-corrected chi connectivity index (χ4v) is 3.73. The fraction of sp³-hybridized carbons (Fsp3) is 0.765. The van der Waals surface area contributed by atoms with Crippen LogP contribution in [0.4, 0.5) is 8.78 Å². The first kappa shape index (κ1) is 18.3. The molecule has 2 fully saturated rings. The molecule has 2 saturated heterocycles. The van der Waals surface area contributed by atoms with Crippen LogP contribution < -0.4 is 0 Å². The molecule has 2 aliphatic rings. The number of likely N-dealkylation sites (tertiary alicyclic amines) is 2. The van der Waals surface area contributed by atoms with Crippen LogP contribution in [0.15, 0.2) is 12.4 Å². The highest BCUT2D eigenvalue weighted by atomic mass is 19.3. The number of halogens is 2. The molecule has 2 aliphatic heterocycles. The number of hydrogen-bond donors (Lipinski definition) is 1. The van der Waals surface area contributed by atoms with Crippen molar-refractivity contribution in [2.75, 3.05) is 32.8 Å². The first-order valence-electron chi connectivity index (χ1n) is 9.03. The third kappa shape index (κ3) is 4.55. The van der Waals surface area contributed by atoms with E-state index in [4.69, 9.17) is 5.11 Å². The van der Waals surface area contributed by atoms with Gasteiger partial charge < -0.3 is 14.9 Å². The third-order valence-corrected chi connectivity index (χ3v) is 5.07. The van der Waals surface area contributed by atoms with Crippen LogP contribution in [0.25, 0.3) is 0 Å². The van der Waals surface area contributed by atoms with Crippen LogP contribution in [0, 0.1) is 0 Å². The highest BCUT2D eigenvalue weighted by Gasteiger charge is 2.46. The molecule has 0 aliphatic carbocycles. The number of nitrogens with zero attached hydrogens (tertiary/aromatic N) is 4. The molecule has 1 atom stereocenters. The number of aliphatic hydroxyl groups excluding tert-OH is 1. The third-order valence-electron chi connectivity index (χ3n) is 5.07. The van der Waals surface area contributed by atoms with Gasteiger partial charge in [0.1, 0.15) is 0 Å². The molecule has 1 unspecified atom stereocenters. The van der Waals surface area contributed by atoms with Gasteiger partial charge in [-0.15, -0.1) is 0 Å². The van der Waals surface area contributed by atoms with Crippen molar-refractivity contribution >= 4 is 5.91 Å². The Kier molecular flexibility index (Phi) is 5.68. The van der Waals surface area contributed by atoms with Gasteiger partial charge in [0, 0.05) is 31.8 Å². The molecule has 0 aromatic carbocycles. The number of hydrogen-bond acceptors (Lipinski definition) is 4. The summed E-state index contributed by atoms with van der Waals surface area (Å²) in [4.78, 5) is 16.1. The Balaban J connectivity index is 1.59. The molecule has 0 radical (unpaired) electrons. The first-order valence-corrected chi connectivity index (χ1v) is 9.03. The van der Waals surface area contributed by atoms with Crippen LogP contribution in [0.2, 0.25) is 0 Å². The van der Waals surface area contributed by atoms with Gasteiger partial charge in [0.15, 0.2) is 0 Å². The molecule has 0 spiro atoms. The molecule has 140 valence electrons. The standard InChI is InChI=1S/C17H26F2N4O2/c18-17(19)10-15(4-9-24)23(13-17)16(25)14-11-20-22(12-14)8-7-21-5-2-1-3-6-21/h11-12,15,24H,1-10,13H2. The lowest BCUT2D eigenvalue weighted by atomic mass is 10.1. The van der Waals surface area contributed by atoms with Crippen LogP contribution >= 0.6 is 0 Å². The maximum atomic E-state index is 13.7. The monoisotopic (exact) mass is 356 g/mol. The molecular weight excluding hydrogens is 330 g/mol. The highest BCUT2D eigenvalue weighted by Crippen LogP contribution is 2.34. The van der Waals surface area contributed by atoms with E-state index < -0.39 is 24.4 Å². The van der Waals surface area contributed by atoms with Crippen LogP contribution in [0.5, 0.6) is 0 Å². The number of carbonyl (C=O) groups is 1. The second-order valence-electron chi connectivity index (χ2n) is 7.05. The number of aliphatic hydroxyl groups is 1. The van der Waals surface area contributed by atoms with Gasteiger partial charge in [0.25, 0.3) is 11.8 Å². The molecule has 6 nitrogen and oxygen atoms in total. The molecule has 3 rings (SSSR count). The summed E-state index contributed by atoms with van der Waals surface area (Å²) in [7, 11) is 0. The number of alkyl halides is 2. The minimum absolute atomic E-state index is 0.171. The van der Waals surface area contributed by atoms with Crippen molar-refractivity contribution in [3.63, 3.8) is 0 Å². The Morgan fingerprint density at radius 2 is 2.04 bits per heavy atom. The van der Waals surface area contributed by atoms with Crippen molar-refractivity contribution in [1.82, 2.24) is 19.6 Å². The van der Waals surface area contributed by atoms with Gasteiger partial charge in [-0.1, -0.05) is 6.42 Å². The van der Waals surface area contributed by atoms with Gasteiger partial charge in [-0.05, 0) is 32.4 Å². The van der Waals surface area contributed by atoms with E-state index in [9.17, 15) is 13.6 Å². The maximum Gasteiger partial charge on any atom is 0.267 e. The summed E-state index contributed by atoms with van der Waals surface area (Å²) in [5.41, 5.74) is 0.333. The van der Waals surface area contributed by atoms with Gasteiger partial charge in [0.05, 0.1) is 24.8 Å². The van der Waals surface area contributed by atoms with E-state index in [-0.39, 0.29) is 19.4 Å².